The van der Waals surface area contributed by atoms with Gasteiger partial charge in [0.1, 0.15) is 5.75 Å². The molecular formula is C17H13ClF3NO4. The lowest BCUT2D eigenvalue weighted by atomic mass is 10.1. The molecule has 0 atom stereocenters. The minimum absolute atomic E-state index is 0.264. The summed E-state index contributed by atoms with van der Waals surface area (Å²) in [4.78, 5) is 23.7. The van der Waals surface area contributed by atoms with Crippen LogP contribution in [0, 0.1) is 0 Å². The van der Waals surface area contributed by atoms with Gasteiger partial charge in [-0.1, -0.05) is 17.7 Å². The molecule has 0 unspecified atom stereocenters. The van der Waals surface area contributed by atoms with Crippen LogP contribution in [0.3, 0.4) is 0 Å². The maximum atomic E-state index is 12.7. The fourth-order valence-electron chi connectivity index (χ4n) is 2.00. The number of alkyl halides is 3. The summed E-state index contributed by atoms with van der Waals surface area (Å²) in [6.07, 6.45) is -4.59. The first-order valence-corrected chi connectivity index (χ1v) is 7.56. The maximum Gasteiger partial charge on any atom is 0.416 e. The average Bonchev–Trinajstić information content (AvgIpc) is 2.59. The molecule has 138 valence electrons. The molecule has 0 saturated carbocycles. The van der Waals surface area contributed by atoms with Crippen molar-refractivity contribution in [3.05, 3.63) is 58.6 Å². The van der Waals surface area contributed by atoms with E-state index < -0.39 is 30.2 Å². The van der Waals surface area contributed by atoms with Crippen LogP contribution in [0.4, 0.5) is 18.9 Å². The fraction of sp³-hybridized carbons (Fsp3) is 0.176. The van der Waals surface area contributed by atoms with Crippen LogP contribution in [0.1, 0.15) is 15.9 Å². The highest BCUT2D eigenvalue weighted by atomic mass is 35.5. The number of esters is 1. The van der Waals surface area contributed by atoms with Gasteiger partial charge in [0.05, 0.1) is 23.9 Å². The third-order valence-corrected chi connectivity index (χ3v) is 3.43. The predicted octanol–water partition coefficient (Wildman–Crippen LogP) is 4.16. The second-order valence-corrected chi connectivity index (χ2v) is 5.48. The topological polar surface area (TPSA) is 64.6 Å². The van der Waals surface area contributed by atoms with Crippen LogP contribution < -0.4 is 10.1 Å². The molecule has 1 N–H and O–H groups in total. The molecule has 26 heavy (non-hydrogen) atoms. The Bertz CT molecular complexity index is 824. The third kappa shape index (κ3) is 5.13. The van der Waals surface area contributed by atoms with Gasteiger partial charge in [-0.25, -0.2) is 4.79 Å². The molecule has 0 radical (unpaired) electrons. The maximum absolute atomic E-state index is 12.7. The summed E-state index contributed by atoms with van der Waals surface area (Å²) in [6, 6.07) is 8.25. The molecule has 0 fully saturated rings. The molecule has 5 nitrogen and oxygen atoms in total. The number of methoxy groups -OCH3 is 1. The number of amides is 1. The van der Waals surface area contributed by atoms with Gasteiger partial charge in [0, 0.05) is 5.02 Å². The summed E-state index contributed by atoms with van der Waals surface area (Å²) in [7, 11) is 1.40. The Labute approximate surface area is 151 Å². The van der Waals surface area contributed by atoms with Gasteiger partial charge in [-0.2, -0.15) is 13.2 Å². The van der Waals surface area contributed by atoms with Gasteiger partial charge in [-0.05, 0) is 36.4 Å². The van der Waals surface area contributed by atoms with Crippen molar-refractivity contribution in [3.63, 3.8) is 0 Å². The standard InChI is InChI=1S/C17H13ClF3NO4/c1-25-14-6-5-12(18)8-13(14)22-15(23)9-26-16(24)10-3-2-4-11(7-10)17(19,20)21/h2-8H,9H2,1H3,(H,22,23). The predicted molar refractivity (Wildman–Crippen MR) is 88.4 cm³/mol. The van der Waals surface area contributed by atoms with Crippen LogP contribution >= 0.6 is 11.6 Å². The van der Waals surface area contributed by atoms with Crippen LogP contribution in [0.15, 0.2) is 42.5 Å². The van der Waals surface area contributed by atoms with Gasteiger partial charge in [0.2, 0.25) is 0 Å². The zero-order chi connectivity index (χ0) is 19.3. The lowest BCUT2D eigenvalue weighted by Crippen LogP contribution is -2.21. The van der Waals surface area contributed by atoms with E-state index >= 15 is 0 Å². The first-order chi connectivity index (χ1) is 12.2. The number of carbonyl (C=O) groups is 2. The Morgan fingerprint density at radius 2 is 1.88 bits per heavy atom. The summed E-state index contributed by atoms with van der Waals surface area (Å²) in [5.41, 5.74) is -1.03. The Kier molecular flexibility index (Phi) is 6.10. The van der Waals surface area contributed by atoms with E-state index in [0.717, 1.165) is 18.2 Å². The molecule has 2 aromatic carbocycles. The largest absolute Gasteiger partial charge is 0.495 e. The van der Waals surface area contributed by atoms with E-state index in [1.54, 1.807) is 6.07 Å². The van der Waals surface area contributed by atoms with Gasteiger partial charge >= 0.3 is 12.1 Å². The molecule has 0 saturated heterocycles. The highest BCUT2D eigenvalue weighted by molar-refractivity contribution is 6.31. The van der Waals surface area contributed by atoms with Crippen molar-refractivity contribution in [3.8, 4) is 5.75 Å². The Morgan fingerprint density at radius 1 is 1.15 bits per heavy atom. The van der Waals surface area contributed by atoms with E-state index in [1.807, 2.05) is 0 Å². The fourth-order valence-corrected chi connectivity index (χ4v) is 2.17. The number of carbonyl (C=O) groups excluding carboxylic acids is 2. The van der Waals surface area contributed by atoms with Crippen LogP contribution in [0.25, 0.3) is 0 Å². The van der Waals surface area contributed by atoms with E-state index in [9.17, 15) is 22.8 Å². The van der Waals surface area contributed by atoms with Crippen LogP contribution in [-0.2, 0) is 15.7 Å². The summed E-state index contributed by atoms with van der Waals surface area (Å²) < 4.78 is 47.8. The van der Waals surface area contributed by atoms with Crippen molar-refractivity contribution in [2.24, 2.45) is 0 Å². The molecule has 0 spiro atoms. The van der Waals surface area contributed by atoms with Crippen molar-refractivity contribution in [1.29, 1.82) is 0 Å². The van der Waals surface area contributed by atoms with Crippen molar-refractivity contribution in [1.82, 2.24) is 0 Å². The quantitative estimate of drug-likeness (QED) is 0.782. The highest BCUT2D eigenvalue weighted by Gasteiger charge is 2.31. The lowest BCUT2D eigenvalue weighted by Gasteiger charge is -2.11. The minimum Gasteiger partial charge on any atom is -0.495 e. The van der Waals surface area contributed by atoms with Crippen LogP contribution in [0.2, 0.25) is 5.02 Å². The zero-order valence-electron chi connectivity index (χ0n) is 13.4. The normalized spacial score (nSPS) is 11.0. The number of nitrogens with one attached hydrogen (secondary N) is 1. The molecule has 2 rings (SSSR count). The average molecular weight is 388 g/mol. The molecule has 0 bridgehead atoms. The summed E-state index contributed by atoms with van der Waals surface area (Å²) in [5.74, 6) is -1.41. The Balaban J connectivity index is 1.99. The SMILES string of the molecule is COc1ccc(Cl)cc1NC(=O)COC(=O)c1cccc(C(F)(F)F)c1. The summed E-state index contributed by atoms with van der Waals surface area (Å²) in [5, 5.41) is 2.79. The van der Waals surface area contributed by atoms with Crippen LogP contribution in [-0.4, -0.2) is 25.6 Å². The number of anilines is 1. The number of halogens is 4. The van der Waals surface area contributed by atoms with Crippen LogP contribution in [0.5, 0.6) is 5.75 Å². The highest BCUT2D eigenvalue weighted by Crippen LogP contribution is 2.30. The minimum atomic E-state index is -4.59. The number of ether oxygens (including phenoxy) is 2. The second-order valence-electron chi connectivity index (χ2n) is 5.05. The molecule has 1 amide bonds. The number of hydrogen-bond donors (Lipinski definition) is 1. The molecule has 0 aromatic heterocycles. The van der Waals surface area contributed by atoms with Crippen molar-refractivity contribution >= 4 is 29.2 Å². The van der Waals surface area contributed by atoms with Crippen molar-refractivity contribution in [2.45, 2.75) is 6.18 Å². The van der Waals surface area contributed by atoms with Gasteiger partial charge in [-0.3, -0.25) is 4.79 Å². The van der Waals surface area contributed by atoms with Gasteiger partial charge in [0.25, 0.3) is 5.91 Å². The Hall–Kier alpha value is -2.74. The first-order valence-electron chi connectivity index (χ1n) is 7.18. The van der Waals surface area contributed by atoms with Crippen molar-refractivity contribution < 1.29 is 32.2 Å². The lowest BCUT2D eigenvalue weighted by molar-refractivity contribution is -0.137. The number of rotatable bonds is 5. The monoisotopic (exact) mass is 387 g/mol. The van der Waals surface area contributed by atoms with Crippen molar-refractivity contribution in [2.75, 3.05) is 19.0 Å². The van der Waals surface area contributed by atoms with Gasteiger partial charge in [0.15, 0.2) is 6.61 Å². The molecular weight excluding hydrogens is 375 g/mol. The van der Waals surface area contributed by atoms with Gasteiger partial charge in [-0.15, -0.1) is 0 Å². The zero-order valence-corrected chi connectivity index (χ0v) is 14.1. The number of hydrogen-bond acceptors (Lipinski definition) is 4. The smallest absolute Gasteiger partial charge is 0.416 e. The van der Waals surface area contributed by atoms with Gasteiger partial charge < -0.3 is 14.8 Å². The molecule has 2 aromatic rings. The summed E-state index contributed by atoms with van der Waals surface area (Å²) in [6.45, 7) is -0.690. The van der Waals surface area contributed by atoms with E-state index in [0.29, 0.717) is 16.8 Å². The Morgan fingerprint density at radius 3 is 2.54 bits per heavy atom. The molecule has 0 aliphatic carbocycles. The second kappa shape index (κ2) is 8.09. The van der Waals surface area contributed by atoms with E-state index in [1.165, 1.54) is 19.2 Å². The summed E-state index contributed by atoms with van der Waals surface area (Å²) >= 11 is 5.83. The number of benzene rings is 2. The van der Waals surface area contributed by atoms with E-state index in [2.05, 4.69) is 5.32 Å². The third-order valence-electron chi connectivity index (χ3n) is 3.20. The first kappa shape index (κ1) is 19.6. The molecule has 9 heteroatoms. The molecule has 0 aliphatic heterocycles. The van der Waals surface area contributed by atoms with E-state index in [-0.39, 0.29) is 11.3 Å². The molecule has 0 heterocycles. The molecule has 0 aliphatic rings. The van der Waals surface area contributed by atoms with E-state index in [4.69, 9.17) is 21.1 Å².